The van der Waals surface area contributed by atoms with Crippen LogP contribution in [0.3, 0.4) is 0 Å². The lowest BCUT2D eigenvalue weighted by molar-refractivity contribution is -0.120. The van der Waals surface area contributed by atoms with Gasteiger partial charge in [-0.25, -0.2) is 0 Å². The first-order valence-corrected chi connectivity index (χ1v) is 9.61. The average molecular weight is 384 g/mol. The van der Waals surface area contributed by atoms with Gasteiger partial charge in [-0.1, -0.05) is 42.5 Å². The molecule has 0 fully saturated rings. The zero-order valence-corrected chi connectivity index (χ0v) is 16.3. The SMILES string of the molecule is Cc1cccc(C[C@H](NC(=O)Cc2ccc(CCCCN)cc2)B(O)O)c1O. The summed E-state index contributed by atoms with van der Waals surface area (Å²) in [7, 11) is -1.73. The van der Waals surface area contributed by atoms with Gasteiger partial charge >= 0.3 is 7.12 Å². The molecule has 150 valence electrons. The summed E-state index contributed by atoms with van der Waals surface area (Å²) in [5.41, 5.74) is 8.81. The Morgan fingerprint density at radius 2 is 1.79 bits per heavy atom. The first-order valence-electron chi connectivity index (χ1n) is 9.61. The highest BCUT2D eigenvalue weighted by atomic mass is 16.4. The van der Waals surface area contributed by atoms with Gasteiger partial charge in [-0.15, -0.1) is 0 Å². The maximum Gasteiger partial charge on any atom is 0.475 e. The summed E-state index contributed by atoms with van der Waals surface area (Å²) in [4.78, 5) is 12.4. The Kier molecular flexibility index (Phi) is 8.51. The maximum absolute atomic E-state index is 12.4. The summed E-state index contributed by atoms with van der Waals surface area (Å²) in [6.45, 7) is 2.46. The lowest BCUT2D eigenvalue weighted by atomic mass is 9.75. The van der Waals surface area contributed by atoms with Gasteiger partial charge in [-0.05, 0) is 61.4 Å². The molecular formula is C21H29BN2O4. The normalized spacial score (nSPS) is 11.9. The Morgan fingerprint density at radius 1 is 1.11 bits per heavy atom. The minimum atomic E-state index is -1.73. The number of aromatic hydroxyl groups is 1. The van der Waals surface area contributed by atoms with Gasteiger partial charge in [0.05, 0.1) is 12.4 Å². The van der Waals surface area contributed by atoms with Crippen LogP contribution in [-0.4, -0.2) is 40.7 Å². The fraction of sp³-hybridized carbons (Fsp3) is 0.381. The molecule has 1 atom stereocenters. The van der Waals surface area contributed by atoms with E-state index in [4.69, 9.17) is 5.73 Å². The van der Waals surface area contributed by atoms with Crippen LogP contribution in [0, 0.1) is 6.92 Å². The quantitative estimate of drug-likeness (QED) is 0.313. The molecule has 0 heterocycles. The van der Waals surface area contributed by atoms with Crippen LogP contribution in [0.25, 0.3) is 0 Å². The molecule has 2 aromatic rings. The molecule has 0 unspecified atom stereocenters. The number of benzene rings is 2. The minimum absolute atomic E-state index is 0.104. The number of unbranched alkanes of at least 4 members (excludes halogenated alkanes) is 1. The van der Waals surface area contributed by atoms with E-state index >= 15 is 0 Å². The van der Waals surface area contributed by atoms with Crippen molar-refractivity contribution in [2.24, 2.45) is 5.73 Å². The number of rotatable bonds is 10. The van der Waals surface area contributed by atoms with Crippen molar-refractivity contribution in [1.29, 1.82) is 0 Å². The van der Waals surface area contributed by atoms with Crippen LogP contribution in [-0.2, 0) is 24.1 Å². The van der Waals surface area contributed by atoms with E-state index < -0.39 is 13.1 Å². The highest BCUT2D eigenvalue weighted by Crippen LogP contribution is 2.23. The van der Waals surface area contributed by atoms with Gasteiger partial charge in [0.15, 0.2) is 0 Å². The van der Waals surface area contributed by atoms with Gasteiger partial charge in [0, 0.05) is 0 Å². The lowest BCUT2D eigenvalue weighted by Crippen LogP contribution is -2.48. The Hall–Kier alpha value is -2.35. The first-order chi connectivity index (χ1) is 13.4. The first kappa shape index (κ1) is 21.9. The van der Waals surface area contributed by atoms with Crippen molar-refractivity contribution in [1.82, 2.24) is 5.32 Å². The second kappa shape index (κ2) is 10.9. The van der Waals surface area contributed by atoms with Crippen molar-refractivity contribution in [3.05, 3.63) is 64.7 Å². The van der Waals surface area contributed by atoms with Crippen molar-refractivity contribution < 1.29 is 19.9 Å². The number of phenolic OH excluding ortho intramolecular Hbond substituents is 1. The molecule has 0 aliphatic heterocycles. The Bertz CT molecular complexity index is 766. The minimum Gasteiger partial charge on any atom is -0.507 e. The Balaban J connectivity index is 1.94. The predicted octanol–water partition coefficient (Wildman–Crippen LogP) is 1.26. The summed E-state index contributed by atoms with van der Waals surface area (Å²) < 4.78 is 0. The Morgan fingerprint density at radius 3 is 2.43 bits per heavy atom. The number of carbonyl (C=O) groups is 1. The van der Waals surface area contributed by atoms with E-state index in [0.717, 1.165) is 24.8 Å². The summed E-state index contributed by atoms with van der Waals surface area (Å²) in [6.07, 6.45) is 3.26. The number of hydrogen-bond acceptors (Lipinski definition) is 5. The molecule has 0 bridgehead atoms. The second-order valence-electron chi connectivity index (χ2n) is 7.11. The zero-order valence-electron chi connectivity index (χ0n) is 16.3. The third-order valence-corrected chi connectivity index (χ3v) is 4.77. The highest BCUT2D eigenvalue weighted by Gasteiger charge is 2.26. The van der Waals surface area contributed by atoms with Crippen molar-refractivity contribution in [2.75, 3.05) is 6.54 Å². The maximum atomic E-state index is 12.4. The summed E-state index contributed by atoms with van der Waals surface area (Å²) in [5, 5.41) is 32.0. The van der Waals surface area contributed by atoms with E-state index in [2.05, 4.69) is 5.32 Å². The molecule has 1 amide bonds. The van der Waals surface area contributed by atoms with Gasteiger partial charge in [0.25, 0.3) is 0 Å². The molecule has 2 rings (SSSR count). The predicted molar refractivity (Wildman–Crippen MR) is 111 cm³/mol. The molecule has 6 N–H and O–H groups in total. The van der Waals surface area contributed by atoms with E-state index in [9.17, 15) is 19.9 Å². The molecule has 2 aromatic carbocycles. The second-order valence-corrected chi connectivity index (χ2v) is 7.11. The van der Waals surface area contributed by atoms with Crippen LogP contribution in [0.1, 0.15) is 35.1 Å². The molecular weight excluding hydrogens is 355 g/mol. The van der Waals surface area contributed by atoms with Crippen molar-refractivity contribution in [3.8, 4) is 5.75 Å². The fourth-order valence-electron chi connectivity index (χ4n) is 3.09. The van der Waals surface area contributed by atoms with Gasteiger partial charge < -0.3 is 26.2 Å². The topological polar surface area (TPSA) is 116 Å². The molecule has 0 aliphatic carbocycles. The number of para-hydroxylation sites is 1. The third-order valence-electron chi connectivity index (χ3n) is 4.77. The van der Waals surface area contributed by atoms with Crippen LogP contribution in [0.5, 0.6) is 5.75 Å². The molecule has 0 aliphatic rings. The summed E-state index contributed by atoms with van der Waals surface area (Å²) in [5.74, 6) is -1.11. The zero-order chi connectivity index (χ0) is 20.5. The number of aryl methyl sites for hydroxylation is 2. The van der Waals surface area contributed by atoms with E-state index in [1.54, 1.807) is 25.1 Å². The summed E-state index contributed by atoms with van der Waals surface area (Å²) >= 11 is 0. The smallest absolute Gasteiger partial charge is 0.475 e. The molecule has 7 heteroatoms. The monoisotopic (exact) mass is 384 g/mol. The van der Waals surface area contributed by atoms with Gasteiger partial charge in [0.2, 0.25) is 5.91 Å². The van der Waals surface area contributed by atoms with Crippen LogP contribution < -0.4 is 11.1 Å². The van der Waals surface area contributed by atoms with Crippen LogP contribution >= 0.6 is 0 Å². The van der Waals surface area contributed by atoms with E-state index in [1.165, 1.54) is 5.56 Å². The van der Waals surface area contributed by atoms with Crippen molar-refractivity contribution in [2.45, 2.75) is 45.0 Å². The fourth-order valence-corrected chi connectivity index (χ4v) is 3.09. The molecule has 0 radical (unpaired) electrons. The number of hydrogen-bond donors (Lipinski definition) is 5. The van der Waals surface area contributed by atoms with E-state index in [0.29, 0.717) is 17.7 Å². The largest absolute Gasteiger partial charge is 0.507 e. The molecule has 28 heavy (non-hydrogen) atoms. The number of amides is 1. The van der Waals surface area contributed by atoms with Crippen molar-refractivity contribution >= 4 is 13.0 Å². The van der Waals surface area contributed by atoms with E-state index in [1.807, 2.05) is 24.3 Å². The van der Waals surface area contributed by atoms with Crippen LogP contribution in [0.2, 0.25) is 0 Å². The number of phenols is 1. The molecule has 0 spiro atoms. The molecule has 0 saturated heterocycles. The Labute approximate surface area is 166 Å². The number of carbonyl (C=O) groups excluding carboxylic acids is 1. The molecule has 0 saturated carbocycles. The lowest BCUT2D eigenvalue weighted by Gasteiger charge is -2.19. The third kappa shape index (κ3) is 6.67. The molecule has 0 aromatic heterocycles. The average Bonchev–Trinajstić information content (AvgIpc) is 2.66. The van der Waals surface area contributed by atoms with E-state index in [-0.39, 0.29) is 24.5 Å². The van der Waals surface area contributed by atoms with Crippen LogP contribution in [0.4, 0.5) is 0 Å². The standard InChI is InChI=1S/C21H29BN2O4/c1-15-5-4-7-18(21(15)26)14-19(22(27)28)24-20(25)13-17-10-8-16(9-11-17)6-2-3-12-23/h4-5,7-11,19,26-28H,2-3,6,12-14,23H2,1H3,(H,24,25)/t19-/m0/s1. The summed E-state index contributed by atoms with van der Waals surface area (Å²) in [6, 6.07) is 13.1. The number of nitrogens with one attached hydrogen (secondary N) is 1. The van der Waals surface area contributed by atoms with Crippen LogP contribution in [0.15, 0.2) is 42.5 Å². The van der Waals surface area contributed by atoms with Crippen molar-refractivity contribution in [3.63, 3.8) is 0 Å². The number of nitrogens with two attached hydrogens (primary N) is 1. The van der Waals surface area contributed by atoms with Gasteiger partial charge in [-0.2, -0.15) is 0 Å². The van der Waals surface area contributed by atoms with Gasteiger partial charge in [0.1, 0.15) is 5.75 Å². The van der Waals surface area contributed by atoms with Gasteiger partial charge in [-0.3, -0.25) is 4.79 Å². The molecule has 6 nitrogen and oxygen atoms in total. The highest BCUT2D eigenvalue weighted by molar-refractivity contribution is 6.43.